The van der Waals surface area contributed by atoms with Crippen molar-refractivity contribution in [2.45, 2.75) is 39.5 Å². The zero-order chi connectivity index (χ0) is 18.5. The van der Waals surface area contributed by atoms with Crippen LogP contribution in [0.25, 0.3) is 21.9 Å². The van der Waals surface area contributed by atoms with E-state index in [1.807, 2.05) is 0 Å². The summed E-state index contributed by atoms with van der Waals surface area (Å²) in [6, 6.07) is 6.31. The summed E-state index contributed by atoms with van der Waals surface area (Å²) in [5, 5.41) is 0.963. The van der Waals surface area contributed by atoms with Crippen molar-refractivity contribution in [3.63, 3.8) is 0 Å². The Kier molecular flexibility index (Phi) is 5.62. The molecule has 0 saturated heterocycles. The lowest BCUT2D eigenvalue weighted by molar-refractivity contribution is 0.290. The van der Waals surface area contributed by atoms with E-state index < -0.39 is 11.6 Å². The number of ether oxygens (including phenoxy) is 2. The Balaban J connectivity index is 1.93. The summed E-state index contributed by atoms with van der Waals surface area (Å²) < 4.78 is 45.3. The Morgan fingerprint density at radius 1 is 0.923 bits per heavy atom. The van der Waals surface area contributed by atoms with E-state index in [0.29, 0.717) is 17.4 Å². The van der Waals surface area contributed by atoms with Crippen LogP contribution in [-0.4, -0.2) is 6.61 Å². The fraction of sp³-hybridized carbons (Fsp3) is 0.333. The predicted octanol–water partition coefficient (Wildman–Crippen LogP) is 6.18. The molecule has 3 nitrogen and oxygen atoms in total. The van der Waals surface area contributed by atoms with E-state index >= 15 is 0 Å². The van der Waals surface area contributed by atoms with Gasteiger partial charge in [0.1, 0.15) is 6.11 Å². The van der Waals surface area contributed by atoms with Crippen molar-refractivity contribution < 1.29 is 22.7 Å². The van der Waals surface area contributed by atoms with Gasteiger partial charge in [-0.3, -0.25) is 0 Å². The third-order valence-electron chi connectivity index (χ3n) is 4.14. The lowest BCUT2D eigenvalue weighted by Gasteiger charge is -2.07. The van der Waals surface area contributed by atoms with Crippen LogP contribution >= 0.6 is 0 Å². The number of benzene rings is 2. The van der Waals surface area contributed by atoms with Crippen LogP contribution in [0.4, 0.5) is 8.78 Å². The smallest absolute Gasteiger partial charge is 0.209 e. The molecule has 0 spiro atoms. The minimum absolute atomic E-state index is 0.0244. The third-order valence-corrected chi connectivity index (χ3v) is 4.14. The fourth-order valence-corrected chi connectivity index (χ4v) is 2.81. The van der Waals surface area contributed by atoms with Crippen LogP contribution in [0.5, 0.6) is 11.5 Å². The molecule has 0 amide bonds. The molecule has 1 aromatic heterocycles. The first kappa shape index (κ1) is 18.1. The number of fused-ring (bicyclic) bond motifs is 3. The predicted molar refractivity (Wildman–Crippen MR) is 97.4 cm³/mol. The Morgan fingerprint density at radius 3 is 2.23 bits per heavy atom. The molecule has 0 aliphatic carbocycles. The maximum absolute atomic E-state index is 14.7. The van der Waals surface area contributed by atoms with E-state index in [0.717, 1.165) is 25.7 Å². The van der Waals surface area contributed by atoms with E-state index in [2.05, 4.69) is 19.0 Å². The van der Waals surface area contributed by atoms with Gasteiger partial charge < -0.3 is 13.9 Å². The van der Waals surface area contributed by atoms with Crippen LogP contribution in [0.15, 0.2) is 28.7 Å². The van der Waals surface area contributed by atoms with Gasteiger partial charge >= 0.3 is 0 Å². The molecule has 0 atom stereocenters. The first-order valence-corrected chi connectivity index (χ1v) is 8.72. The molecule has 3 rings (SSSR count). The average Bonchev–Trinajstić information content (AvgIpc) is 3.03. The quantitative estimate of drug-likeness (QED) is 0.373. The lowest BCUT2D eigenvalue weighted by Crippen LogP contribution is -1.99. The largest absolute Gasteiger partial charge is 0.490 e. The first-order chi connectivity index (χ1) is 12.7. The second-order valence-electron chi connectivity index (χ2n) is 5.97. The first-order valence-electron chi connectivity index (χ1n) is 8.72. The van der Waals surface area contributed by atoms with Crippen LogP contribution in [0.2, 0.25) is 0 Å². The maximum atomic E-state index is 14.7. The number of rotatable bonds is 7. The molecule has 26 heavy (non-hydrogen) atoms. The van der Waals surface area contributed by atoms with Crippen LogP contribution in [-0.2, 0) is 0 Å². The number of hydrogen-bond donors (Lipinski definition) is 0. The van der Waals surface area contributed by atoms with Crippen molar-refractivity contribution in [3.05, 3.63) is 35.9 Å². The Labute approximate surface area is 150 Å². The molecule has 0 unspecified atom stereocenters. The SMILES string of the molecule is CC#COc1ccc2c(oc3c(F)c(OCCCCCC)ccc32)c1F. The van der Waals surface area contributed by atoms with Gasteiger partial charge in [0, 0.05) is 17.7 Å². The molecule has 0 bridgehead atoms. The fourth-order valence-electron chi connectivity index (χ4n) is 2.81. The molecule has 0 fully saturated rings. The van der Waals surface area contributed by atoms with Gasteiger partial charge in [-0.25, -0.2) is 0 Å². The minimum Gasteiger partial charge on any atom is -0.490 e. The molecule has 0 radical (unpaired) electrons. The molecule has 0 N–H and O–H groups in total. The van der Waals surface area contributed by atoms with Crippen molar-refractivity contribution in [2.24, 2.45) is 0 Å². The number of furan rings is 1. The van der Waals surface area contributed by atoms with Gasteiger partial charge in [-0.2, -0.15) is 8.78 Å². The standard InChI is InChI=1S/C21H20F2O3/c1-3-5-6-7-13-25-17-11-9-15-14-8-10-16(24-12-4-2)18(22)20(14)26-21(15)19(17)23/h8-11H,3,5-7,13H2,1-2H3. The second-order valence-corrected chi connectivity index (χ2v) is 5.97. The Bertz CT molecular complexity index is 980. The highest BCUT2D eigenvalue weighted by Gasteiger charge is 2.20. The monoisotopic (exact) mass is 358 g/mol. The second kappa shape index (κ2) is 8.09. The van der Waals surface area contributed by atoms with Crippen LogP contribution in [0, 0.1) is 23.7 Å². The van der Waals surface area contributed by atoms with Crippen molar-refractivity contribution in [1.29, 1.82) is 0 Å². The number of halogens is 2. The zero-order valence-corrected chi connectivity index (χ0v) is 14.8. The van der Waals surface area contributed by atoms with Crippen molar-refractivity contribution in [3.8, 4) is 23.5 Å². The third kappa shape index (κ3) is 3.45. The summed E-state index contributed by atoms with van der Waals surface area (Å²) in [7, 11) is 0. The summed E-state index contributed by atoms with van der Waals surface area (Å²) in [6.07, 6.45) is 6.49. The van der Waals surface area contributed by atoms with Gasteiger partial charge in [-0.1, -0.05) is 32.1 Å². The number of unbranched alkanes of at least 4 members (excludes halogenated alkanes) is 3. The van der Waals surface area contributed by atoms with Gasteiger partial charge in [-0.15, -0.1) is 0 Å². The highest BCUT2D eigenvalue weighted by Crippen LogP contribution is 2.37. The van der Waals surface area contributed by atoms with E-state index in [-0.39, 0.29) is 22.7 Å². The molecule has 2 aromatic carbocycles. The van der Waals surface area contributed by atoms with Gasteiger partial charge in [0.15, 0.2) is 22.7 Å². The molecule has 1 heterocycles. The normalized spacial score (nSPS) is 10.8. The molecule has 0 aliphatic rings. The Hall–Kier alpha value is -2.74. The topological polar surface area (TPSA) is 31.6 Å². The summed E-state index contributed by atoms with van der Waals surface area (Å²) in [5.74, 6) is 1.25. The minimum atomic E-state index is -0.706. The molecule has 0 saturated carbocycles. The molecule has 3 aromatic rings. The zero-order valence-electron chi connectivity index (χ0n) is 14.8. The molecular weight excluding hydrogens is 338 g/mol. The van der Waals surface area contributed by atoms with Crippen molar-refractivity contribution in [2.75, 3.05) is 6.61 Å². The van der Waals surface area contributed by atoms with E-state index in [4.69, 9.17) is 13.9 Å². The van der Waals surface area contributed by atoms with Crippen molar-refractivity contribution in [1.82, 2.24) is 0 Å². The van der Waals surface area contributed by atoms with Crippen LogP contribution in [0.1, 0.15) is 39.5 Å². The molecule has 0 aliphatic heterocycles. The summed E-state index contributed by atoms with van der Waals surface area (Å²) in [5.41, 5.74) is -0.0851. The van der Waals surface area contributed by atoms with Gasteiger partial charge in [0.25, 0.3) is 0 Å². The Morgan fingerprint density at radius 2 is 1.58 bits per heavy atom. The average molecular weight is 358 g/mol. The van der Waals surface area contributed by atoms with Gasteiger partial charge in [0.2, 0.25) is 11.6 Å². The van der Waals surface area contributed by atoms with Crippen LogP contribution < -0.4 is 9.47 Å². The van der Waals surface area contributed by atoms with E-state index in [9.17, 15) is 8.78 Å². The number of hydrogen-bond acceptors (Lipinski definition) is 3. The summed E-state index contributed by atoms with van der Waals surface area (Å²) in [6.45, 7) is 4.14. The highest BCUT2D eigenvalue weighted by atomic mass is 19.1. The molecular formula is C21H20F2O3. The maximum Gasteiger partial charge on any atom is 0.209 e. The molecule has 136 valence electrons. The van der Waals surface area contributed by atoms with E-state index in [1.165, 1.54) is 6.07 Å². The summed E-state index contributed by atoms with van der Waals surface area (Å²) in [4.78, 5) is 0. The van der Waals surface area contributed by atoms with Crippen molar-refractivity contribution >= 4 is 21.9 Å². The molecule has 5 heteroatoms. The van der Waals surface area contributed by atoms with Gasteiger partial charge in [-0.05, 0) is 30.7 Å². The van der Waals surface area contributed by atoms with Gasteiger partial charge in [0.05, 0.1) is 6.61 Å². The van der Waals surface area contributed by atoms with E-state index in [1.54, 1.807) is 25.1 Å². The summed E-state index contributed by atoms with van der Waals surface area (Å²) >= 11 is 0. The lowest BCUT2D eigenvalue weighted by atomic mass is 10.1. The van der Waals surface area contributed by atoms with Crippen LogP contribution in [0.3, 0.4) is 0 Å². The highest BCUT2D eigenvalue weighted by molar-refractivity contribution is 6.06.